The Balaban J connectivity index is 1.72. The predicted octanol–water partition coefficient (Wildman–Crippen LogP) is 2.76. The molecule has 1 fully saturated rings. The van der Waals surface area contributed by atoms with Crippen molar-refractivity contribution in [1.29, 1.82) is 0 Å². The van der Waals surface area contributed by atoms with Crippen molar-refractivity contribution in [3.8, 4) is 5.75 Å². The van der Waals surface area contributed by atoms with Gasteiger partial charge in [0, 0.05) is 43.8 Å². The van der Waals surface area contributed by atoms with Crippen LogP contribution in [0.2, 0.25) is 5.02 Å². The number of hydrogen-bond acceptors (Lipinski definition) is 6. The molecule has 0 saturated carbocycles. The van der Waals surface area contributed by atoms with Crippen molar-refractivity contribution in [3.63, 3.8) is 0 Å². The van der Waals surface area contributed by atoms with Crippen molar-refractivity contribution < 1.29 is 18.1 Å². The van der Waals surface area contributed by atoms with Gasteiger partial charge in [0.1, 0.15) is 10.6 Å². The van der Waals surface area contributed by atoms with Gasteiger partial charge in [-0.2, -0.15) is 4.31 Å². The fraction of sp³-hybridized carbons (Fsp3) is 0.333. The molecule has 8 nitrogen and oxygen atoms in total. The van der Waals surface area contributed by atoms with Crippen LogP contribution in [0.25, 0.3) is 0 Å². The zero-order chi connectivity index (χ0) is 20.3. The number of nitro benzene ring substituents is 1. The molecule has 0 aromatic heterocycles. The molecular weight excluding hydrogens is 406 g/mol. The van der Waals surface area contributed by atoms with E-state index in [0.717, 1.165) is 11.6 Å². The van der Waals surface area contributed by atoms with Gasteiger partial charge >= 0.3 is 0 Å². The van der Waals surface area contributed by atoms with E-state index in [9.17, 15) is 18.5 Å². The van der Waals surface area contributed by atoms with E-state index in [2.05, 4.69) is 4.90 Å². The molecule has 10 heteroatoms. The highest BCUT2D eigenvalue weighted by Crippen LogP contribution is 2.31. The standard InChI is InChI=1S/C18H20ClN3O5S/c1-27-17-12-16(22(23)24)5-6-18(17)28(25,26)21-9-7-20(8-10-21)13-14-3-2-4-15(19)11-14/h2-6,11-12H,7-10,13H2,1H3. The van der Waals surface area contributed by atoms with Crippen LogP contribution < -0.4 is 4.74 Å². The first kappa shape index (κ1) is 20.5. The minimum atomic E-state index is -3.81. The number of nitro groups is 1. The summed E-state index contributed by atoms with van der Waals surface area (Å²) in [5.41, 5.74) is 0.850. The maximum Gasteiger partial charge on any atom is 0.273 e. The zero-order valence-electron chi connectivity index (χ0n) is 15.2. The molecule has 0 radical (unpaired) electrons. The van der Waals surface area contributed by atoms with Gasteiger partial charge in [-0.15, -0.1) is 0 Å². The Labute approximate surface area is 168 Å². The second-order valence-corrected chi connectivity index (χ2v) is 8.75. The highest BCUT2D eigenvalue weighted by Gasteiger charge is 2.31. The quantitative estimate of drug-likeness (QED) is 0.522. The van der Waals surface area contributed by atoms with Gasteiger partial charge in [-0.1, -0.05) is 23.7 Å². The van der Waals surface area contributed by atoms with Gasteiger partial charge in [0.15, 0.2) is 0 Å². The monoisotopic (exact) mass is 425 g/mol. The smallest absolute Gasteiger partial charge is 0.273 e. The van der Waals surface area contributed by atoms with Crippen LogP contribution >= 0.6 is 11.6 Å². The molecule has 1 aliphatic heterocycles. The Kier molecular flexibility index (Phi) is 6.19. The van der Waals surface area contributed by atoms with Crippen molar-refractivity contribution in [3.05, 3.63) is 63.2 Å². The first-order valence-electron chi connectivity index (χ1n) is 8.60. The van der Waals surface area contributed by atoms with Gasteiger partial charge in [-0.25, -0.2) is 8.42 Å². The van der Waals surface area contributed by atoms with E-state index in [-0.39, 0.29) is 16.3 Å². The minimum Gasteiger partial charge on any atom is -0.495 e. The van der Waals surface area contributed by atoms with Crippen LogP contribution in [0, 0.1) is 10.1 Å². The first-order valence-corrected chi connectivity index (χ1v) is 10.4. The van der Waals surface area contributed by atoms with E-state index in [1.54, 1.807) is 0 Å². The summed E-state index contributed by atoms with van der Waals surface area (Å²) in [6.07, 6.45) is 0. The fourth-order valence-electron chi connectivity index (χ4n) is 3.14. The van der Waals surface area contributed by atoms with Crippen molar-refractivity contribution in [2.75, 3.05) is 33.3 Å². The molecular formula is C18H20ClN3O5S. The maximum atomic E-state index is 13.0. The lowest BCUT2D eigenvalue weighted by Crippen LogP contribution is -2.48. The maximum absolute atomic E-state index is 13.0. The largest absolute Gasteiger partial charge is 0.495 e. The Morgan fingerprint density at radius 1 is 1.14 bits per heavy atom. The van der Waals surface area contributed by atoms with E-state index in [4.69, 9.17) is 16.3 Å². The molecule has 0 spiro atoms. The lowest BCUT2D eigenvalue weighted by molar-refractivity contribution is -0.385. The topological polar surface area (TPSA) is 93.0 Å². The fourth-order valence-corrected chi connectivity index (χ4v) is 4.92. The second kappa shape index (κ2) is 8.44. The molecule has 3 rings (SSSR count). The average molecular weight is 426 g/mol. The molecule has 0 atom stereocenters. The van der Waals surface area contributed by atoms with Crippen molar-refractivity contribution in [2.45, 2.75) is 11.4 Å². The van der Waals surface area contributed by atoms with E-state index < -0.39 is 14.9 Å². The molecule has 1 heterocycles. The van der Waals surface area contributed by atoms with Crippen LogP contribution in [0.1, 0.15) is 5.56 Å². The second-order valence-electron chi connectivity index (χ2n) is 6.40. The number of methoxy groups -OCH3 is 1. The Morgan fingerprint density at radius 2 is 1.86 bits per heavy atom. The first-order chi connectivity index (χ1) is 13.3. The number of ether oxygens (including phenoxy) is 1. The summed E-state index contributed by atoms with van der Waals surface area (Å²) in [6, 6.07) is 11.1. The average Bonchev–Trinajstić information content (AvgIpc) is 2.68. The Morgan fingerprint density at radius 3 is 2.46 bits per heavy atom. The summed E-state index contributed by atoms with van der Waals surface area (Å²) in [6.45, 7) is 2.48. The molecule has 28 heavy (non-hydrogen) atoms. The van der Waals surface area contributed by atoms with Gasteiger partial charge in [0.2, 0.25) is 10.0 Å². The van der Waals surface area contributed by atoms with Crippen LogP contribution in [0.3, 0.4) is 0 Å². The van der Waals surface area contributed by atoms with Crippen molar-refractivity contribution in [1.82, 2.24) is 9.21 Å². The number of piperazine rings is 1. The Bertz CT molecular complexity index is 975. The van der Waals surface area contributed by atoms with Crippen molar-refractivity contribution in [2.24, 2.45) is 0 Å². The lowest BCUT2D eigenvalue weighted by atomic mass is 10.2. The highest BCUT2D eigenvalue weighted by molar-refractivity contribution is 7.89. The summed E-state index contributed by atoms with van der Waals surface area (Å²) in [7, 11) is -2.52. The number of nitrogens with zero attached hydrogens (tertiary/aromatic N) is 3. The molecule has 0 unspecified atom stereocenters. The molecule has 0 N–H and O–H groups in total. The number of non-ortho nitro benzene ring substituents is 1. The normalized spacial score (nSPS) is 16.1. The van der Waals surface area contributed by atoms with E-state index >= 15 is 0 Å². The third-order valence-corrected chi connectivity index (χ3v) is 6.78. The summed E-state index contributed by atoms with van der Waals surface area (Å²) in [5.74, 6) is -0.0319. The summed E-state index contributed by atoms with van der Waals surface area (Å²) in [5, 5.41) is 11.6. The third kappa shape index (κ3) is 4.44. The van der Waals surface area contributed by atoms with E-state index in [1.807, 2.05) is 24.3 Å². The third-order valence-electron chi connectivity index (χ3n) is 4.60. The highest BCUT2D eigenvalue weighted by atomic mass is 35.5. The van der Waals surface area contributed by atoms with Crippen molar-refractivity contribution >= 4 is 27.3 Å². The summed E-state index contributed by atoms with van der Waals surface area (Å²) < 4.78 is 32.5. The molecule has 0 amide bonds. The van der Waals surface area contributed by atoms with Gasteiger partial charge in [0.25, 0.3) is 5.69 Å². The van der Waals surface area contributed by atoms with Gasteiger partial charge in [-0.3, -0.25) is 15.0 Å². The molecule has 150 valence electrons. The van der Waals surface area contributed by atoms with Crippen LogP contribution in [0.15, 0.2) is 47.4 Å². The number of sulfonamides is 1. The molecule has 0 aliphatic carbocycles. The molecule has 0 bridgehead atoms. The van der Waals surface area contributed by atoms with E-state index in [0.29, 0.717) is 37.7 Å². The number of halogens is 1. The molecule has 1 aliphatic rings. The number of rotatable bonds is 6. The van der Waals surface area contributed by atoms with Crippen LogP contribution in [-0.2, 0) is 16.6 Å². The van der Waals surface area contributed by atoms with Gasteiger partial charge < -0.3 is 4.74 Å². The van der Waals surface area contributed by atoms with E-state index in [1.165, 1.54) is 23.5 Å². The lowest BCUT2D eigenvalue weighted by Gasteiger charge is -2.34. The molecule has 2 aromatic rings. The molecule has 1 saturated heterocycles. The van der Waals surface area contributed by atoms with Gasteiger partial charge in [0.05, 0.1) is 18.1 Å². The number of hydrogen-bond donors (Lipinski definition) is 0. The number of benzene rings is 2. The Hall–Kier alpha value is -2.20. The van der Waals surface area contributed by atoms with Crippen LogP contribution in [-0.4, -0.2) is 55.8 Å². The zero-order valence-corrected chi connectivity index (χ0v) is 16.8. The predicted molar refractivity (Wildman–Crippen MR) is 105 cm³/mol. The minimum absolute atomic E-state index is 0.0319. The SMILES string of the molecule is COc1cc([N+](=O)[O-])ccc1S(=O)(=O)N1CCN(Cc2cccc(Cl)c2)CC1. The summed E-state index contributed by atoms with van der Waals surface area (Å²) >= 11 is 6.01. The van der Waals surface area contributed by atoms with Crippen LogP contribution in [0.5, 0.6) is 5.75 Å². The summed E-state index contributed by atoms with van der Waals surface area (Å²) in [4.78, 5) is 12.4. The van der Waals surface area contributed by atoms with Crippen LogP contribution in [0.4, 0.5) is 5.69 Å². The molecule has 2 aromatic carbocycles. The van der Waals surface area contributed by atoms with Gasteiger partial charge in [-0.05, 0) is 23.8 Å².